The molecule has 0 radical (unpaired) electrons. The van der Waals surface area contributed by atoms with Gasteiger partial charge in [0.2, 0.25) is 0 Å². The highest BCUT2D eigenvalue weighted by Crippen LogP contribution is 2.16. The van der Waals surface area contributed by atoms with E-state index < -0.39 is 15.6 Å². The average molecular weight is 251 g/mol. The Morgan fingerprint density at radius 1 is 1.31 bits per heavy atom. The minimum Gasteiger partial charge on any atom is -0.349 e. The van der Waals surface area contributed by atoms with E-state index in [0.717, 1.165) is 0 Å². The lowest BCUT2D eigenvalue weighted by atomic mass is 10.2. The van der Waals surface area contributed by atoms with Crippen LogP contribution in [0.3, 0.4) is 0 Å². The molecule has 1 saturated heterocycles. The average Bonchev–Trinajstić information content (AvgIpc) is 2.20. The Labute approximate surface area is 97.4 Å². The van der Waals surface area contributed by atoms with Crippen molar-refractivity contribution in [3.63, 3.8) is 0 Å². The molecule has 0 atom stereocenters. The van der Waals surface area contributed by atoms with Gasteiger partial charge in [0.15, 0.2) is 15.6 Å². The van der Waals surface area contributed by atoms with E-state index in [0.29, 0.717) is 19.8 Å². The van der Waals surface area contributed by atoms with Gasteiger partial charge in [-0.05, 0) is 13.8 Å². The van der Waals surface area contributed by atoms with E-state index in [-0.39, 0.29) is 17.5 Å². The molecule has 1 N–H and O–H groups in total. The molecule has 0 unspecified atom stereocenters. The van der Waals surface area contributed by atoms with E-state index in [2.05, 4.69) is 5.32 Å². The fraction of sp³-hybridized carbons (Fsp3) is 1.00. The zero-order chi connectivity index (χ0) is 12.2. The Bertz CT molecular complexity index is 303. The van der Waals surface area contributed by atoms with Crippen molar-refractivity contribution in [2.24, 2.45) is 0 Å². The molecule has 0 bridgehead atoms. The molecule has 1 fully saturated rings. The summed E-state index contributed by atoms with van der Waals surface area (Å²) in [7, 11) is -2.89. The summed E-state index contributed by atoms with van der Waals surface area (Å²) >= 11 is 0. The number of sulfone groups is 1. The molecule has 1 rings (SSSR count). The van der Waals surface area contributed by atoms with Gasteiger partial charge in [-0.1, -0.05) is 6.92 Å². The van der Waals surface area contributed by atoms with Crippen LogP contribution in [0.4, 0.5) is 0 Å². The minimum atomic E-state index is -2.89. The summed E-state index contributed by atoms with van der Waals surface area (Å²) in [5.74, 6) is -0.156. The van der Waals surface area contributed by atoms with Gasteiger partial charge in [0, 0.05) is 12.3 Å². The molecule has 0 amide bonds. The van der Waals surface area contributed by atoms with Crippen LogP contribution in [0.5, 0.6) is 0 Å². The SMILES string of the molecule is CCS(=O)(=O)CCNC1COC(C)(C)OC1. The van der Waals surface area contributed by atoms with Gasteiger partial charge in [-0.25, -0.2) is 8.42 Å². The van der Waals surface area contributed by atoms with Crippen LogP contribution in [0.1, 0.15) is 20.8 Å². The molecule has 0 saturated carbocycles. The minimum absolute atomic E-state index is 0.0834. The van der Waals surface area contributed by atoms with Crippen molar-refractivity contribution < 1.29 is 17.9 Å². The summed E-state index contributed by atoms with van der Waals surface area (Å²) in [5.41, 5.74) is 0. The zero-order valence-corrected chi connectivity index (χ0v) is 11.0. The van der Waals surface area contributed by atoms with E-state index in [4.69, 9.17) is 9.47 Å². The standard InChI is InChI=1S/C10H21NO4S/c1-4-16(12,13)6-5-11-9-7-14-10(2,3)15-8-9/h9,11H,4-8H2,1-3H3. The van der Waals surface area contributed by atoms with E-state index in [1.54, 1.807) is 6.92 Å². The normalized spacial score (nSPS) is 22.2. The third-order valence-electron chi connectivity index (χ3n) is 2.55. The van der Waals surface area contributed by atoms with Gasteiger partial charge in [-0.3, -0.25) is 0 Å². The molecule has 1 aliphatic rings. The summed E-state index contributed by atoms with van der Waals surface area (Å²) in [6.45, 7) is 6.95. The van der Waals surface area contributed by atoms with Crippen molar-refractivity contribution >= 4 is 9.84 Å². The van der Waals surface area contributed by atoms with E-state index in [9.17, 15) is 8.42 Å². The molecule has 16 heavy (non-hydrogen) atoms. The number of rotatable bonds is 5. The summed E-state index contributed by atoms with van der Waals surface area (Å²) in [6.07, 6.45) is 0. The maximum Gasteiger partial charge on any atom is 0.162 e. The van der Waals surface area contributed by atoms with Crippen molar-refractivity contribution in [3.8, 4) is 0 Å². The molecule has 0 aromatic carbocycles. The third-order valence-corrected chi connectivity index (χ3v) is 4.26. The van der Waals surface area contributed by atoms with Gasteiger partial charge in [0.1, 0.15) is 0 Å². The summed E-state index contributed by atoms with van der Waals surface area (Å²) in [6, 6.07) is 0.0834. The van der Waals surface area contributed by atoms with Crippen molar-refractivity contribution in [2.75, 3.05) is 31.3 Å². The van der Waals surface area contributed by atoms with Crippen molar-refractivity contribution in [1.29, 1.82) is 0 Å². The van der Waals surface area contributed by atoms with Crippen molar-refractivity contribution in [1.82, 2.24) is 5.32 Å². The lowest BCUT2D eigenvalue weighted by Gasteiger charge is -2.35. The Kier molecular flexibility index (Phi) is 4.73. The summed E-state index contributed by atoms with van der Waals surface area (Å²) in [5, 5.41) is 3.12. The maximum absolute atomic E-state index is 11.2. The largest absolute Gasteiger partial charge is 0.349 e. The molecule has 96 valence electrons. The monoisotopic (exact) mass is 251 g/mol. The van der Waals surface area contributed by atoms with Crippen LogP contribution in [0.2, 0.25) is 0 Å². The maximum atomic E-state index is 11.2. The van der Waals surface area contributed by atoms with Crippen LogP contribution in [-0.2, 0) is 19.3 Å². The van der Waals surface area contributed by atoms with Crippen molar-refractivity contribution in [2.45, 2.75) is 32.6 Å². The lowest BCUT2D eigenvalue weighted by molar-refractivity contribution is -0.252. The second-order valence-electron chi connectivity index (χ2n) is 4.41. The van der Waals surface area contributed by atoms with E-state index in [1.807, 2.05) is 13.8 Å². The van der Waals surface area contributed by atoms with E-state index in [1.165, 1.54) is 0 Å². The fourth-order valence-electron chi connectivity index (χ4n) is 1.37. The fourth-order valence-corrected chi connectivity index (χ4v) is 2.09. The molecule has 0 spiro atoms. The Hall–Kier alpha value is -0.170. The number of ether oxygens (including phenoxy) is 2. The molecule has 1 heterocycles. The first kappa shape index (κ1) is 13.9. The Balaban J connectivity index is 2.21. The molecule has 0 aliphatic carbocycles. The molecular weight excluding hydrogens is 230 g/mol. The highest BCUT2D eigenvalue weighted by molar-refractivity contribution is 7.91. The molecule has 1 aliphatic heterocycles. The number of hydrogen-bond acceptors (Lipinski definition) is 5. The van der Waals surface area contributed by atoms with Crippen LogP contribution in [-0.4, -0.2) is 51.5 Å². The quantitative estimate of drug-likeness (QED) is 0.754. The zero-order valence-electron chi connectivity index (χ0n) is 10.2. The first-order valence-electron chi connectivity index (χ1n) is 5.56. The molecule has 0 aromatic heterocycles. The van der Waals surface area contributed by atoms with E-state index >= 15 is 0 Å². The Morgan fingerprint density at radius 2 is 1.88 bits per heavy atom. The summed E-state index contributed by atoms with van der Waals surface area (Å²) in [4.78, 5) is 0. The van der Waals surface area contributed by atoms with Gasteiger partial charge < -0.3 is 14.8 Å². The predicted molar refractivity (Wildman–Crippen MR) is 62.1 cm³/mol. The van der Waals surface area contributed by atoms with Crippen LogP contribution in [0, 0.1) is 0 Å². The molecule has 6 heteroatoms. The van der Waals surface area contributed by atoms with Crippen LogP contribution in [0.15, 0.2) is 0 Å². The van der Waals surface area contributed by atoms with Gasteiger partial charge >= 0.3 is 0 Å². The molecular formula is C10H21NO4S. The number of nitrogens with one attached hydrogen (secondary N) is 1. The van der Waals surface area contributed by atoms with Crippen molar-refractivity contribution in [3.05, 3.63) is 0 Å². The second-order valence-corrected chi connectivity index (χ2v) is 6.88. The van der Waals surface area contributed by atoms with Gasteiger partial charge in [-0.15, -0.1) is 0 Å². The summed E-state index contributed by atoms with van der Waals surface area (Å²) < 4.78 is 33.4. The van der Waals surface area contributed by atoms with Crippen LogP contribution < -0.4 is 5.32 Å². The smallest absolute Gasteiger partial charge is 0.162 e. The van der Waals surface area contributed by atoms with Crippen LogP contribution in [0.25, 0.3) is 0 Å². The third kappa shape index (κ3) is 4.78. The van der Waals surface area contributed by atoms with Gasteiger partial charge in [0.05, 0.1) is 25.0 Å². The predicted octanol–water partition coefficient (Wildman–Crippen LogP) is 0.162. The highest BCUT2D eigenvalue weighted by atomic mass is 32.2. The highest BCUT2D eigenvalue weighted by Gasteiger charge is 2.27. The first-order chi connectivity index (χ1) is 7.35. The van der Waals surface area contributed by atoms with Gasteiger partial charge in [0.25, 0.3) is 0 Å². The second kappa shape index (κ2) is 5.44. The van der Waals surface area contributed by atoms with Crippen LogP contribution >= 0.6 is 0 Å². The Morgan fingerprint density at radius 3 is 2.38 bits per heavy atom. The van der Waals surface area contributed by atoms with Gasteiger partial charge in [-0.2, -0.15) is 0 Å². The topological polar surface area (TPSA) is 64.6 Å². The molecule has 5 nitrogen and oxygen atoms in total. The molecule has 0 aromatic rings. The lowest BCUT2D eigenvalue weighted by Crippen LogP contribution is -2.49. The number of hydrogen-bond donors (Lipinski definition) is 1. The first-order valence-corrected chi connectivity index (χ1v) is 7.38.